The van der Waals surface area contributed by atoms with Crippen molar-refractivity contribution in [2.45, 2.75) is 18.5 Å². The molecule has 4 heterocycles. The number of H-pyrrole nitrogens is 1. The van der Waals surface area contributed by atoms with Gasteiger partial charge < -0.3 is 30.2 Å². The molecule has 0 radical (unpaired) electrons. The fraction of sp³-hybridized carbons (Fsp3) is 0.179. The number of halogens is 8. The van der Waals surface area contributed by atoms with Crippen LogP contribution >= 0.6 is 23.2 Å². The van der Waals surface area contributed by atoms with Gasteiger partial charge in [-0.1, -0.05) is 23.2 Å². The molecule has 13 nitrogen and oxygen atoms in total. The van der Waals surface area contributed by atoms with Crippen LogP contribution in [0.1, 0.15) is 0 Å². The molecular weight excluding hydrogens is 715 g/mol. The highest BCUT2D eigenvalue weighted by Gasteiger charge is 2.39. The highest BCUT2D eigenvalue weighted by molar-refractivity contribution is 6.39. The van der Waals surface area contributed by atoms with E-state index < -0.39 is 36.3 Å². The van der Waals surface area contributed by atoms with Crippen LogP contribution in [0.5, 0.6) is 5.75 Å². The van der Waals surface area contributed by atoms with Gasteiger partial charge in [0.15, 0.2) is 0 Å². The zero-order valence-electron chi connectivity index (χ0n) is 24.5. The van der Waals surface area contributed by atoms with E-state index in [4.69, 9.17) is 52.7 Å². The number of carboxylic acids is 2. The van der Waals surface area contributed by atoms with Crippen molar-refractivity contribution < 1.29 is 55.7 Å². The number of fused-ring (bicyclic) bond motifs is 5. The lowest BCUT2D eigenvalue weighted by Gasteiger charge is -2.17. The standard InChI is InChI=1S/C24H17Cl2N7O2.2C2HF3O2/c1-33(2)24(34)18(10-27)35-12-8-15(25)19(16(26)9-12)23-31-20-13-5-7-28-11-17(13)30-22-14(21(20)32-23)4-3-6-29-22;2*3-2(4,5)1(6)7/h3-9,11,18H,1-2H3,(H,29,30)(H,31,32);2*(H,6,7). The number of hydrogen-bond donors (Lipinski definition) is 4. The van der Waals surface area contributed by atoms with Crippen LogP contribution in [0.3, 0.4) is 0 Å². The number of ether oxygens (including phenoxy) is 1. The quantitative estimate of drug-likeness (QED) is 0.154. The molecule has 1 aromatic carbocycles. The second-order valence-corrected chi connectivity index (χ2v) is 10.3. The monoisotopic (exact) mass is 733 g/mol. The summed E-state index contributed by atoms with van der Waals surface area (Å²) in [7, 11) is 3.08. The minimum atomic E-state index is -5.08. The zero-order chi connectivity index (χ0) is 36.8. The number of aromatic nitrogens is 4. The fourth-order valence-electron chi connectivity index (χ4n) is 3.76. The molecule has 21 heteroatoms. The van der Waals surface area contributed by atoms with Gasteiger partial charge in [-0.05, 0) is 30.3 Å². The lowest BCUT2D eigenvalue weighted by Crippen LogP contribution is -2.36. The number of carbonyl (C=O) groups excluding carboxylic acids is 1. The van der Waals surface area contributed by atoms with Crippen LogP contribution in [0, 0.1) is 11.3 Å². The molecule has 0 aliphatic carbocycles. The van der Waals surface area contributed by atoms with Crippen LogP contribution in [0.2, 0.25) is 10.0 Å². The predicted octanol–water partition coefficient (Wildman–Crippen LogP) is 6.19. The maximum atomic E-state index is 12.2. The number of rotatable bonds is 4. The van der Waals surface area contributed by atoms with Gasteiger partial charge in [0, 0.05) is 37.6 Å². The van der Waals surface area contributed by atoms with Gasteiger partial charge in [0.2, 0.25) is 0 Å². The minimum Gasteiger partial charge on any atom is -0.475 e. The van der Waals surface area contributed by atoms with E-state index in [1.807, 2.05) is 24.3 Å². The third-order valence-electron chi connectivity index (χ3n) is 5.88. The third-order valence-corrected chi connectivity index (χ3v) is 6.48. The van der Waals surface area contributed by atoms with Gasteiger partial charge in [-0.2, -0.15) is 31.6 Å². The Morgan fingerprint density at radius 2 is 1.55 bits per heavy atom. The number of hydrogen-bond acceptors (Lipinski definition) is 9. The second-order valence-electron chi connectivity index (χ2n) is 9.48. The molecule has 3 aromatic heterocycles. The number of nitriles is 1. The first kappa shape index (κ1) is 37.8. The Labute approximate surface area is 280 Å². The molecule has 1 amide bonds. The van der Waals surface area contributed by atoms with Crippen molar-refractivity contribution in [3.63, 3.8) is 0 Å². The number of carboxylic acid groups (broad SMARTS) is 2. The molecule has 1 unspecified atom stereocenters. The molecular formula is C28H19Cl2F6N7O6. The summed E-state index contributed by atoms with van der Waals surface area (Å²) >= 11 is 13.2. The van der Waals surface area contributed by atoms with Crippen molar-refractivity contribution >= 4 is 52.6 Å². The van der Waals surface area contributed by atoms with Crippen LogP contribution in [-0.4, -0.2) is 85.4 Å². The summed E-state index contributed by atoms with van der Waals surface area (Å²) in [5.41, 5.74) is 4.32. The van der Waals surface area contributed by atoms with Crippen molar-refractivity contribution in [3.8, 4) is 45.7 Å². The number of imidazole rings is 1. The fourth-order valence-corrected chi connectivity index (χ4v) is 4.41. The number of nitrogens with zero attached hydrogens (tertiary/aromatic N) is 5. The molecule has 5 rings (SSSR count). The summed E-state index contributed by atoms with van der Waals surface area (Å²) in [6.07, 6.45) is -6.39. The molecule has 258 valence electrons. The third kappa shape index (κ3) is 9.27. The van der Waals surface area contributed by atoms with E-state index in [1.54, 1.807) is 18.6 Å². The van der Waals surface area contributed by atoms with E-state index in [0.717, 1.165) is 22.5 Å². The Kier molecular flexibility index (Phi) is 11.6. The van der Waals surface area contributed by atoms with Crippen LogP contribution in [0.15, 0.2) is 48.9 Å². The van der Waals surface area contributed by atoms with Crippen molar-refractivity contribution in [2.75, 3.05) is 19.4 Å². The number of pyridine rings is 2. The first-order valence-corrected chi connectivity index (χ1v) is 13.7. The van der Waals surface area contributed by atoms with E-state index in [2.05, 4.69) is 20.3 Å². The van der Waals surface area contributed by atoms with Crippen LogP contribution in [-0.2, 0) is 14.4 Å². The topological polar surface area (TPSA) is 194 Å². The predicted molar refractivity (Wildman–Crippen MR) is 160 cm³/mol. The maximum Gasteiger partial charge on any atom is 0.490 e. The van der Waals surface area contributed by atoms with E-state index in [1.165, 1.54) is 31.1 Å². The van der Waals surface area contributed by atoms with Crippen molar-refractivity contribution in [2.24, 2.45) is 0 Å². The van der Waals surface area contributed by atoms with Crippen molar-refractivity contribution in [1.82, 2.24) is 24.8 Å². The lowest BCUT2D eigenvalue weighted by atomic mass is 10.1. The van der Waals surface area contributed by atoms with Gasteiger partial charge in [-0.25, -0.2) is 19.6 Å². The zero-order valence-corrected chi connectivity index (χ0v) is 26.0. The van der Waals surface area contributed by atoms with E-state index >= 15 is 0 Å². The summed E-state index contributed by atoms with van der Waals surface area (Å²) in [4.78, 5) is 48.1. The highest BCUT2D eigenvalue weighted by Crippen LogP contribution is 2.45. The lowest BCUT2D eigenvalue weighted by molar-refractivity contribution is -0.193. The number of amides is 1. The number of anilines is 2. The number of nitrogens with one attached hydrogen (secondary N) is 2. The molecule has 1 atom stereocenters. The normalized spacial score (nSPS) is 11.9. The Balaban J connectivity index is 0.000000392. The molecule has 4 aromatic rings. The highest BCUT2D eigenvalue weighted by atomic mass is 35.5. The molecule has 0 spiro atoms. The summed E-state index contributed by atoms with van der Waals surface area (Å²) in [5, 5.41) is 27.4. The average Bonchev–Trinajstić information content (AvgIpc) is 3.38. The van der Waals surface area contributed by atoms with E-state index in [-0.39, 0.29) is 15.8 Å². The molecule has 4 N–H and O–H groups in total. The Morgan fingerprint density at radius 3 is 2.06 bits per heavy atom. The van der Waals surface area contributed by atoms with Crippen LogP contribution in [0.4, 0.5) is 37.8 Å². The Hall–Kier alpha value is -5.61. The molecule has 0 fully saturated rings. The summed E-state index contributed by atoms with van der Waals surface area (Å²) in [6.45, 7) is 0. The van der Waals surface area contributed by atoms with Crippen molar-refractivity contribution in [1.29, 1.82) is 5.26 Å². The van der Waals surface area contributed by atoms with E-state index in [9.17, 15) is 36.4 Å². The number of alkyl halides is 6. The van der Waals surface area contributed by atoms with Crippen LogP contribution < -0.4 is 10.1 Å². The number of aromatic amines is 1. The summed E-state index contributed by atoms with van der Waals surface area (Å²) in [5.74, 6) is -4.73. The smallest absolute Gasteiger partial charge is 0.475 e. The van der Waals surface area contributed by atoms with Gasteiger partial charge >= 0.3 is 24.3 Å². The second kappa shape index (κ2) is 15.1. The number of likely N-dealkylation sites (N-methyl/N-ethyl adjacent to an activating group) is 1. The molecule has 1 aliphatic heterocycles. The van der Waals surface area contributed by atoms with Gasteiger partial charge in [0.1, 0.15) is 29.2 Å². The van der Waals surface area contributed by atoms with Crippen LogP contribution in [0.25, 0.3) is 33.9 Å². The Bertz CT molecular complexity index is 1820. The SMILES string of the molecule is CN(C)C(=O)C(C#N)Oc1cc(Cl)c(-c2nc3c([nH]2)-c2ccncc2Nc2ncccc2-3)c(Cl)c1.O=C(O)C(F)(F)F.O=C(O)C(F)(F)F. The number of carbonyl (C=O) groups is 3. The van der Waals surface area contributed by atoms with Crippen molar-refractivity contribution in [3.05, 3.63) is 59.0 Å². The molecule has 0 bridgehead atoms. The Morgan fingerprint density at radius 1 is 0.980 bits per heavy atom. The summed E-state index contributed by atoms with van der Waals surface area (Å²) in [6, 6.07) is 10.5. The number of benzene rings is 1. The first-order valence-electron chi connectivity index (χ1n) is 12.9. The van der Waals surface area contributed by atoms with Gasteiger partial charge in [-0.3, -0.25) is 9.78 Å². The number of aliphatic carboxylic acids is 2. The molecule has 49 heavy (non-hydrogen) atoms. The molecule has 0 saturated heterocycles. The minimum absolute atomic E-state index is 0.189. The molecule has 0 saturated carbocycles. The first-order chi connectivity index (χ1) is 22.8. The van der Waals surface area contributed by atoms with Gasteiger partial charge in [-0.15, -0.1) is 0 Å². The van der Waals surface area contributed by atoms with E-state index in [0.29, 0.717) is 22.9 Å². The van der Waals surface area contributed by atoms with Gasteiger partial charge in [0.05, 0.1) is 33.2 Å². The maximum absolute atomic E-state index is 12.2. The summed E-state index contributed by atoms with van der Waals surface area (Å²) < 4.78 is 69.0. The average molecular weight is 734 g/mol. The van der Waals surface area contributed by atoms with Gasteiger partial charge in [0.25, 0.3) is 12.0 Å². The molecule has 1 aliphatic rings. The largest absolute Gasteiger partial charge is 0.490 e.